The van der Waals surface area contributed by atoms with Gasteiger partial charge in [-0.25, -0.2) is 0 Å². The van der Waals surface area contributed by atoms with Crippen molar-refractivity contribution in [3.63, 3.8) is 0 Å². The van der Waals surface area contributed by atoms with Crippen LogP contribution >= 0.6 is 0 Å². The number of aromatic hydroxyl groups is 1. The maximum Gasteiger partial charge on any atom is 0.120 e. The van der Waals surface area contributed by atoms with Crippen LogP contribution in [0.1, 0.15) is 31.1 Å². The predicted molar refractivity (Wildman–Crippen MR) is 72.8 cm³/mol. The van der Waals surface area contributed by atoms with Crippen LogP contribution in [0.2, 0.25) is 0 Å². The molecule has 0 saturated heterocycles. The minimum Gasteiger partial charge on any atom is -0.508 e. The molecule has 0 unspecified atom stereocenters. The summed E-state index contributed by atoms with van der Waals surface area (Å²) in [5, 5.41) is 17.4. The molecule has 4 heteroatoms. The average molecular weight is 245 g/mol. The first-order valence-corrected chi connectivity index (χ1v) is 6.14. The lowest BCUT2D eigenvalue weighted by Crippen LogP contribution is -2.01. The van der Waals surface area contributed by atoms with E-state index in [9.17, 15) is 5.11 Å². The zero-order valence-corrected chi connectivity index (χ0v) is 11.0. The number of benzene rings is 1. The Morgan fingerprint density at radius 1 is 1.33 bits per heavy atom. The summed E-state index contributed by atoms with van der Waals surface area (Å²) in [5.41, 5.74) is 2.86. The lowest BCUT2D eigenvalue weighted by atomic mass is 10.2. The van der Waals surface area contributed by atoms with Gasteiger partial charge in [-0.15, -0.1) is 0 Å². The van der Waals surface area contributed by atoms with E-state index in [-0.39, 0.29) is 0 Å². The number of anilines is 1. The van der Waals surface area contributed by atoms with Gasteiger partial charge in [-0.1, -0.05) is 18.2 Å². The Morgan fingerprint density at radius 2 is 2.06 bits per heavy atom. The molecule has 1 heterocycles. The molecule has 0 atom stereocenters. The van der Waals surface area contributed by atoms with E-state index >= 15 is 0 Å². The van der Waals surface area contributed by atoms with E-state index in [0.29, 0.717) is 18.3 Å². The van der Waals surface area contributed by atoms with Crippen molar-refractivity contribution in [1.29, 1.82) is 0 Å². The molecular weight excluding hydrogens is 226 g/mol. The number of aryl methyl sites for hydroxylation is 1. The van der Waals surface area contributed by atoms with Crippen LogP contribution in [-0.2, 0) is 6.54 Å². The van der Waals surface area contributed by atoms with Crippen LogP contribution in [0, 0.1) is 6.92 Å². The zero-order chi connectivity index (χ0) is 13.1. The van der Waals surface area contributed by atoms with E-state index in [2.05, 4.69) is 24.3 Å². The second-order valence-electron chi connectivity index (χ2n) is 4.68. The Balaban J connectivity index is 2.09. The summed E-state index contributed by atoms with van der Waals surface area (Å²) in [6.07, 6.45) is 2.00. The van der Waals surface area contributed by atoms with Crippen LogP contribution in [0.3, 0.4) is 0 Å². The third kappa shape index (κ3) is 2.64. The Kier molecular flexibility index (Phi) is 3.55. The van der Waals surface area contributed by atoms with Gasteiger partial charge in [-0.2, -0.15) is 5.10 Å². The third-order valence-corrected chi connectivity index (χ3v) is 2.91. The molecule has 4 nitrogen and oxygen atoms in total. The van der Waals surface area contributed by atoms with Crippen LogP contribution < -0.4 is 5.32 Å². The van der Waals surface area contributed by atoms with E-state index in [4.69, 9.17) is 0 Å². The van der Waals surface area contributed by atoms with Gasteiger partial charge in [0.15, 0.2) is 0 Å². The van der Waals surface area contributed by atoms with Crippen LogP contribution in [0.4, 0.5) is 5.69 Å². The number of aromatic nitrogens is 2. The van der Waals surface area contributed by atoms with Crippen molar-refractivity contribution in [2.24, 2.45) is 0 Å². The van der Waals surface area contributed by atoms with Crippen molar-refractivity contribution >= 4 is 5.69 Å². The molecule has 0 aliphatic carbocycles. The Morgan fingerprint density at radius 3 is 2.67 bits per heavy atom. The molecular formula is C14H19N3O. The first-order valence-electron chi connectivity index (χ1n) is 6.14. The number of hydrogen-bond acceptors (Lipinski definition) is 3. The minimum absolute atomic E-state index is 0.318. The number of para-hydroxylation sites is 1. The fourth-order valence-electron chi connectivity index (χ4n) is 1.77. The minimum atomic E-state index is 0.318. The van der Waals surface area contributed by atoms with Crippen molar-refractivity contribution in [2.45, 2.75) is 33.4 Å². The predicted octanol–water partition coefficient (Wildman–Crippen LogP) is 3.09. The monoisotopic (exact) mass is 245 g/mol. The fourth-order valence-corrected chi connectivity index (χ4v) is 1.77. The highest BCUT2D eigenvalue weighted by Crippen LogP contribution is 2.20. The van der Waals surface area contributed by atoms with Gasteiger partial charge in [0.1, 0.15) is 5.75 Å². The molecule has 0 amide bonds. The van der Waals surface area contributed by atoms with Crippen molar-refractivity contribution in [2.75, 3.05) is 5.32 Å². The molecule has 0 radical (unpaired) electrons. The summed E-state index contributed by atoms with van der Waals surface area (Å²) < 4.78 is 1.93. The highest BCUT2D eigenvalue weighted by Gasteiger charge is 2.07. The maximum absolute atomic E-state index is 9.69. The number of nitrogens with one attached hydrogen (secondary N) is 1. The molecule has 1 aromatic carbocycles. The van der Waals surface area contributed by atoms with E-state index in [0.717, 1.165) is 16.9 Å². The summed E-state index contributed by atoms with van der Waals surface area (Å²) in [5.74, 6) is 0.318. The highest BCUT2D eigenvalue weighted by atomic mass is 16.3. The molecule has 0 fully saturated rings. The molecule has 2 rings (SSSR count). The molecule has 18 heavy (non-hydrogen) atoms. The lowest BCUT2D eigenvalue weighted by Gasteiger charge is -2.06. The van der Waals surface area contributed by atoms with Crippen LogP contribution in [0.25, 0.3) is 0 Å². The van der Waals surface area contributed by atoms with Gasteiger partial charge >= 0.3 is 0 Å². The smallest absolute Gasteiger partial charge is 0.120 e. The second kappa shape index (κ2) is 5.12. The van der Waals surface area contributed by atoms with Crippen molar-refractivity contribution in [3.8, 4) is 5.75 Å². The fraction of sp³-hybridized carbons (Fsp3) is 0.357. The van der Waals surface area contributed by atoms with Gasteiger partial charge in [0.25, 0.3) is 0 Å². The maximum atomic E-state index is 9.69. The van der Waals surface area contributed by atoms with Crippen LogP contribution in [0.15, 0.2) is 30.5 Å². The molecule has 2 N–H and O–H groups in total. The second-order valence-corrected chi connectivity index (χ2v) is 4.68. The summed E-state index contributed by atoms with van der Waals surface area (Å²) in [4.78, 5) is 0. The van der Waals surface area contributed by atoms with E-state index < -0.39 is 0 Å². The van der Waals surface area contributed by atoms with Gasteiger partial charge < -0.3 is 10.4 Å². The summed E-state index contributed by atoms with van der Waals surface area (Å²) >= 11 is 0. The van der Waals surface area contributed by atoms with Gasteiger partial charge in [-0.3, -0.25) is 4.68 Å². The Labute approximate surface area is 107 Å². The zero-order valence-electron chi connectivity index (χ0n) is 11.0. The number of hydrogen-bond donors (Lipinski definition) is 2. The number of rotatable bonds is 4. The molecule has 0 aliphatic heterocycles. The summed E-state index contributed by atoms with van der Waals surface area (Å²) in [6, 6.07) is 7.69. The number of phenolic OH excluding ortho intramolecular Hbond substituents is 1. The van der Waals surface area contributed by atoms with E-state index in [1.54, 1.807) is 6.07 Å². The Hall–Kier alpha value is -1.97. The molecule has 2 aromatic rings. The van der Waals surface area contributed by atoms with Gasteiger partial charge in [0, 0.05) is 24.3 Å². The summed E-state index contributed by atoms with van der Waals surface area (Å²) in [7, 11) is 0. The van der Waals surface area contributed by atoms with E-state index in [1.807, 2.05) is 36.0 Å². The quantitative estimate of drug-likeness (QED) is 0.870. The standard InChI is InChI=1S/C14H19N3O/c1-10(2)17-9-13(11(3)16-17)15-8-12-6-4-5-7-14(12)18/h4-7,9-10,15,18H,8H2,1-3H3. The van der Waals surface area contributed by atoms with Gasteiger partial charge in [0.2, 0.25) is 0 Å². The molecule has 0 spiro atoms. The molecule has 0 bridgehead atoms. The van der Waals surface area contributed by atoms with Crippen LogP contribution in [0.5, 0.6) is 5.75 Å². The van der Waals surface area contributed by atoms with Crippen molar-refractivity contribution < 1.29 is 5.11 Å². The first kappa shape index (κ1) is 12.5. The number of phenols is 1. The van der Waals surface area contributed by atoms with E-state index in [1.165, 1.54) is 0 Å². The molecule has 0 saturated carbocycles. The molecule has 96 valence electrons. The van der Waals surface area contributed by atoms with Gasteiger partial charge in [-0.05, 0) is 26.8 Å². The van der Waals surface area contributed by atoms with Crippen LogP contribution in [-0.4, -0.2) is 14.9 Å². The largest absolute Gasteiger partial charge is 0.508 e. The Bertz CT molecular complexity index is 532. The van der Waals surface area contributed by atoms with Crippen molar-refractivity contribution in [3.05, 3.63) is 41.7 Å². The number of nitrogens with zero attached hydrogens (tertiary/aromatic N) is 2. The molecule has 0 aliphatic rings. The first-order chi connectivity index (χ1) is 8.58. The summed E-state index contributed by atoms with van der Waals surface area (Å²) in [6.45, 7) is 6.77. The molecule has 1 aromatic heterocycles. The third-order valence-electron chi connectivity index (χ3n) is 2.91. The average Bonchev–Trinajstić information content (AvgIpc) is 2.70. The lowest BCUT2D eigenvalue weighted by molar-refractivity contribution is 0.469. The SMILES string of the molecule is Cc1nn(C(C)C)cc1NCc1ccccc1O. The van der Waals surface area contributed by atoms with Gasteiger partial charge in [0.05, 0.1) is 11.4 Å². The highest BCUT2D eigenvalue weighted by molar-refractivity contribution is 5.47. The normalized spacial score (nSPS) is 10.9. The topological polar surface area (TPSA) is 50.1 Å². The van der Waals surface area contributed by atoms with Crippen molar-refractivity contribution in [1.82, 2.24) is 9.78 Å².